The molecule has 3 rings (SSSR count). The third-order valence-corrected chi connectivity index (χ3v) is 3.25. The third kappa shape index (κ3) is 1.84. The first-order valence-electron chi connectivity index (χ1n) is 6.58. The fourth-order valence-corrected chi connectivity index (χ4v) is 2.20. The van der Waals surface area contributed by atoms with E-state index in [0.717, 1.165) is 30.0 Å². The maximum atomic E-state index is 9.02. The molecule has 3 aromatic heterocycles. The number of aryl methyl sites for hydroxylation is 2. The highest BCUT2D eigenvalue weighted by Crippen LogP contribution is 2.20. The summed E-state index contributed by atoms with van der Waals surface area (Å²) in [7, 11) is 0. The van der Waals surface area contributed by atoms with E-state index < -0.39 is 0 Å². The molecular weight excluding hydrogens is 252 g/mol. The van der Waals surface area contributed by atoms with Gasteiger partial charge in [-0.2, -0.15) is 10.4 Å². The van der Waals surface area contributed by atoms with Crippen molar-refractivity contribution in [3.8, 4) is 17.6 Å². The lowest BCUT2D eigenvalue weighted by molar-refractivity contribution is 0.651. The maximum Gasteiger partial charge on any atom is 0.186 e. The van der Waals surface area contributed by atoms with Gasteiger partial charge >= 0.3 is 0 Å². The number of hydrogen-bond donors (Lipinski definition) is 0. The highest BCUT2D eigenvalue weighted by atomic mass is 15.3. The van der Waals surface area contributed by atoms with Crippen LogP contribution in [0.25, 0.3) is 17.2 Å². The van der Waals surface area contributed by atoms with E-state index in [1.54, 1.807) is 18.3 Å². The van der Waals surface area contributed by atoms with Crippen molar-refractivity contribution in [1.82, 2.24) is 24.4 Å². The summed E-state index contributed by atoms with van der Waals surface area (Å²) in [6, 6.07) is 7.69. The molecule has 0 radical (unpaired) electrons. The van der Waals surface area contributed by atoms with E-state index in [0.29, 0.717) is 11.4 Å². The molecule has 0 aromatic carbocycles. The van der Waals surface area contributed by atoms with Gasteiger partial charge in [0.25, 0.3) is 0 Å². The van der Waals surface area contributed by atoms with Crippen LogP contribution in [0.5, 0.6) is 0 Å². The van der Waals surface area contributed by atoms with Crippen LogP contribution in [-0.2, 0) is 13.0 Å². The van der Waals surface area contributed by atoms with Crippen LogP contribution in [0.3, 0.4) is 0 Å². The van der Waals surface area contributed by atoms with Gasteiger partial charge in [0.1, 0.15) is 11.8 Å². The first kappa shape index (κ1) is 12.4. The second-order valence-electron chi connectivity index (χ2n) is 4.47. The van der Waals surface area contributed by atoms with Crippen molar-refractivity contribution in [3.63, 3.8) is 0 Å². The van der Waals surface area contributed by atoms with Crippen molar-refractivity contribution in [2.75, 3.05) is 0 Å². The summed E-state index contributed by atoms with van der Waals surface area (Å²) < 4.78 is 3.75. The van der Waals surface area contributed by atoms with Crippen LogP contribution in [0.1, 0.15) is 25.1 Å². The zero-order valence-electron chi connectivity index (χ0n) is 11.4. The van der Waals surface area contributed by atoms with E-state index in [1.165, 1.54) is 0 Å². The van der Waals surface area contributed by atoms with Gasteiger partial charge in [0, 0.05) is 12.7 Å². The Kier molecular flexibility index (Phi) is 2.95. The van der Waals surface area contributed by atoms with Gasteiger partial charge in [-0.05, 0) is 31.5 Å². The van der Waals surface area contributed by atoms with Gasteiger partial charge in [-0.25, -0.2) is 0 Å². The maximum absolute atomic E-state index is 9.02. The zero-order valence-corrected chi connectivity index (χ0v) is 11.4. The van der Waals surface area contributed by atoms with Crippen LogP contribution in [0.2, 0.25) is 0 Å². The smallest absolute Gasteiger partial charge is 0.186 e. The number of nitrogens with zero attached hydrogens (tertiary/aromatic N) is 6. The quantitative estimate of drug-likeness (QED) is 0.727. The number of rotatable bonds is 3. The molecule has 3 heterocycles. The number of hydrogen-bond acceptors (Lipinski definition) is 4. The van der Waals surface area contributed by atoms with Crippen molar-refractivity contribution < 1.29 is 0 Å². The molecule has 0 saturated heterocycles. The van der Waals surface area contributed by atoms with Crippen LogP contribution in [0.15, 0.2) is 24.4 Å². The average Bonchev–Trinajstić information content (AvgIpc) is 3.09. The van der Waals surface area contributed by atoms with Gasteiger partial charge in [0.05, 0.1) is 11.3 Å². The molecule has 100 valence electrons. The van der Waals surface area contributed by atoms with E-state index in [9.17, 15) is 0 Å². The first-order valence-corrected chi connectivity index (χ1v) is 6.58. The minimum Gasteiger partial charge on any atom is -0.280 e. The Balaban J connectivity index is 2.24. The molecule has 0 spiro atoms. The fourth-order valence-electron chi connectivity index (χ4n) is 2.20. The highest BCUT2D eigenvalue weighted by Gasteiger charge is 2.14. The molecule has 0 unspecified atom stereocenters. The van der Waals surface area contributed by atoms with Crippen molar-refractivity contribution in [3.05, 3.63) is 35.7 Å². The predicted molar refractivity (Wildman–Crippen MR) is 74.0 cm³/mol. The average molecular weight is 266 g/mol. The van der Waals surface area contributed by atoms with E-state index in [4.69, 9.17) is 5.26 Å². The molecule has 0 aliphatic carbocycles. The van der Waals surface area contributed by atoms with E-state index in [-0.39, 0.29) is 0 Å². The van der Waals surface area contributed by atoms with Crippen LogP contribution < -0.4 is 0 Å². The largest absolute Gasteiger partial charge is 0.280 e. The molecule has 0 aliphatic rings. The summed E-state index contributed by atoms with van der Waals surface area (Å²) >= 11 is 0. The topological polar surface area (TPSA) is 71.8 Å². The molecule has 0 fully saturated rings. The second-order valence-corrected chi connectivity index (χ2v) is 4.47. The highest BCUT2D eigenvalue weighted by molar-refractivity contribution is 5.57. The summed E-state index contributed by atoms with van der Waals surface area (Å²) in [4.78, 5) is 0. The van der Waals surface area contributed by atoms with Crippen molar-refractivity contribution in [2.24, 2.45) is 0 Å². The summed E-state index contributed by atoms with van der Waals surface area (Å²) in [5.74, 6) is 0.714. The normalized spacial score (nSPS) is 10.8. The molecule has 6 nitrogen and oxygen atoms in total. The molecule has 0 atom stereocenters. The Morgan fingerprint density at radius 1 is 1.25 bits per heavy atom. The Hall–Kier alpha value is -2.68. The number of aromatic nitrogens is 5. The fraction of sp³-hybridized carbons (Fsp3) is 0.286. The molecule has 0 N–H and O–H groups in total. The second kappa shape index (κ2) is 4.78. The van der Waals surface area contributed by atoms with Gasteiger partial charge in [-0.3, -0.25) is 9.08 Å². The molecule has 0 bridgehead atoms. The summed E-state index contributed by atoms with van der Waals surface area (Å²) in [6.07, 6.45) is 2.63. The third-order valence-electron chi connectivity index (χ3n) is 3.25. The Morgan fingerprint density at radius 2 is 2.10 bits per heavy atom. The molecule has 0 saturated carbocycles. The van der Waals surface area contributed by atoms with Crippen LogP contribution in [-0.4, -0.2) is 24.4 Å². The zero-order chi connectivity index (χ0) is 14.1. The van der Waals surface area contributed by atoms with Gasteiger partial charge in [-0.15, -0.1) is 10.2 Å². The lowest BCUT2D eigenvalue weighted by Crippen LogP contribution is -2.02. The van der Waals surface area contributed by atoms with E-state index >= 15 is 0 Å². The van der Waals surface area contributed by atoms with E-state index in [1.807, 2.05) is 22.1 Å². The predicted octanol–water partition coefficient (Wildman–Crippen LogP) is 2.05. The standard InChI is InChI=1S/C14H14N6/c1-3-11-7-12(20(4-2)18-11)14-17-16-13-6-5-10(8-15)9-19(13)14/h5-7,9H,3-4H2,1-2H3. The number of nitriles is 1. The first-order chi connectivity index (χ1) is 9.76. The minimum atomic E-state index is 0.580. The van der Waals surface area contributed by atoms with E-state index in [2.05, 4.69) is 28.3 Å². The molecule has 6 heteroatoms. The summed E-state index contributed by atoms with van der Waals surface area (Å²) in [6.45, 7) is 4.88. The van der Waals surface area contributed by atoms with Crippen LogP contribution in [0.4, 0.5) is 0 Å². The lowest BCUT2D eigenvalue weighted by Gasteiger charge is -2.02. The Morgan fingerprint density at radius 3 is 2.80 bits per heavy atom. The monoisotopic (exact) mass is 266 g/mol. The molecule has 3 aromatic rings. The summed E-state index contributed by atoms with van der Waals surface area (Å²) in [5.41, 5.74) is 3.25. The molecule has 20 heavy (non-hydrogen) atoms. The van der Waals surface area contributed by atoms with Crippen LogP contribution >= 0.6 is 0 Å². The Labute approximate surface area is 116 Å². The lowest BCUT2D eigenvalue weighted by atomic mass is 10.3. The minimum absolute atomic E-state index is 0.580. The van der Waals surface area contributed by atoms with Crippen LogP contribution in [0, 0.1) is 11.3 Å². The molecule has 0 aliphatic heterocycles. The van der Waals surface area contributed by atoms with Gasteiger partial charge in [0.2, 0.25) is 0 Å². The SMILES string of the molecule is CCc1cc(-c2nnc3ccc(C#N)cn23)n(CC)n1. The van der Waals surface area contributed by atoms with Gasteiger partial charge in [0.15, 0.2) is 11.5 Å². The molecular formula is C14H14N6. The Bertz CT molecular complexity index is 805. The van der Waals surface area contributed by atoms with Crippen molar-refractivity contribution in [1.29, 1.82) is 5.26 Å². The van der Waals surface area contributed by atoms with Crippen molar-refractivity contribution >= 4 is 5.65 Å². The van der Waals surface area contributed by atoms with Gasteiger partial charge < -0.3 is 0 Å². The van der Waals surface area contributed by atoms with Crippen molar-refractivity contribution in [2.45, 2.75) is 26.8 Å². The number of pyridine rings is 1. The van der Waals surface area contributed by atoms with Gasteiger partial charge in [-0.1, -0.05) is 6.92 Å². The molecule has 0 amide bonds. The number of fused-ring (bicyclic) bond motifs is 1. The summed E-state index contributed by atoms with van der Waals surface area (Å²) in [5, 5.41) is 21.9.